The van der Waals surface area contributed by atoms with Gasteiger partial charge in [-0.05, 0) is 37.0 Å². The Morgan fingerprint density at radius 3 is 2.61 bits per heavy atom. The van der Waals surface area contributed by atoms with Gasteiger partial charge in [-0.2, -0.15) is 0 Å². The van der Waals surface area contributed by atoms with E-state index in [0.717, 1.165) is 18.4 Å². The number of nitrogens with one attached hydrogen (secondary N) is 1. The molecule has 1 saturated carbocycles. The highest BCUT2D eigenvalue weighted by Gasteiger charge is 2.31. The second-order valence-corrected chi connectivity index (χ2v) is 7.73. The second kappa shape index (κ2) is 5.88. The van der Waals surface area contributed by atoms with E-state index in [2.05, 4.69) is 0 Å². The Morgan fingerprint density at radius 1 is 1.13 bits per heavy atom. The topological polar surface area (TPSA) is 97.4 Å². The van der Waals surface area contributed by atoms with Crippen LogP contribution in [0.2, 0.25) is 0 Å². The number of ketones is 2. The van der Waals surface area contributed by atoms with Crippen LogP contribution in [0, 0.1) is 5.92 Å². The van der Waals surface area contributed by atoms with Gasteiger partial charge in [0.25, 0.3) is 10.0 Å². The van der Waals surface area contributed by atoms with Gasteiger partial charge in [-0.1, -0.05) is 6.07 Å². The van der Waals surface area contributed by atoms with Crippen molar-refractivity contribution >= 4 is 27.5 Å². The number of aryl methyl sites for hydroxylation is 1. The van der Waals surface area contributed by atoms with Crippen molar-refractivity contribution in [3.8, 4) is 0 Å². The lowest BCUT2D eigenvalue weighted by molar-refractivity contribution is -0.125. The Kier molecular flexibility index (Phi) is 4.06. The molecular weight excluding hydrogens is 318 g/mol. The first-order valence-corrected chi connectivity index (χ1v) is 9.09. The molecule has 1 N–H and O–H groups in total. The van der Waals surface area contributed by atoms with Crippen LogP contribution in [-0.2, 0) is 26.0 Å². The molecule has 0 heterocycles. The van der Waals surface area contributed by atoms with Crippen LogP contribution in [0.3, 0.4) is 0 Å². The number of Topliss-reactive ketones (excluding diaryl/α,β-unsaturated/α-hetero) is 2. The molecule has 7 heteroatoms. The molecule has 1 fully saturated rings. The van der Waals surface area contributed by atoms with E-state index in [9.17, 15) is 22.8 Å². The number of carbonyl (C=O) groups is 3. The largest absolute Gasteiger partial charge is 0.300 e. The van der Waals surface area contributed by atoms with E-state index in [0.29, 0.717) is 24.8 Å². The summed E-state index contributed by atoms with van der Waals surface area (Å²) >= 11 is 0. The molecule has 3 rings (SSSR count). The SMILES string of the molecule is O=C1CCC(C(=O)NS(=O)(=O)c2ccc3c(c2)C(=O)CCC3)C1. The van der Waals surface area contributed by atoms with Gasteiger partial charge in [0.15, 0.2) is 5.78 Å². The molecule has 0 spiro atoms. The Bertz CT molecular complexity index is 797. The highest BCUT2D eigenvalue weighted by molar-refractivity contribution is 7.90. The summed E-state index contributed by atoms with van der Waals surface area (Å²) in [5.41, 5.74) is 1.26. The summed E-state index contributed by atoms with van der Waals surface area (Å²) in [6.07, 6.45) is 2.70. The van der Waals surface area contributed by atoms with Crippen molar-refractivity contribution in [1.82, 2.24) is 4.72 Å². The molecule has 122 valence electrons. The van der Waals surface area contributed by atoms with E-state index in [1.165, 1.54) is 12.1 Å². The van der Waals surface area contributed by atoms with Gasteiger partial charge in [0.1, 0.15) is 5.78 Å². The van der Waals surface area contributed by atoms with Crippen molar-refractivity contribution in [2.24, 2.45) is 5.92 Å². The average Bonchev–Trinajstić information content (AvgIpc) is 2.94. The minimum absolute atomic E-state index is 0.0260. The van der Waals surface area contributed by atoms with Gasteiger partial charge < -0.3 is 0 Å². The Morgan fingerprint density at radius 2 is 1.91 bits per heavy atom. The lowest BCUT2D eigenvalue weighted by Crippen LogP contribution is -2.35. The molecule has 0 bridgehead atoms. The molecule has 1 aromatic carbocycles. The van der Waals surface area contributed by atoms with Crippen LogP contribution in [-0.4, -0.2) is 25.9 Å². The summed E-state index contributed by atoms with van der Waals surface area (Å²) < 4.78 is 26.7. The molecule has 0 aromatic heterocycles. The standard InChI is InChI=1S/C16H17NO5S/c18-12-6-4-11(8-12)16(20)17-23(21,22)13-7-5-10-2-1-3-15(19)14(10)9-13/h5,7,9,11H,1-4,6,8H2,(H,17,20). The van der Waals surface area contributed by atoms with E-state index in [1.807, 2.05) is 4.72 Å². The van der Waals surface area contributed by atoms with Crippen LogP contribution >= 0.6 is 0 Å². The fourth-order valence-electron chi connectivity index (χ4n) is 3.09. The number of rotatable bonds is 3. The zero-order valence-electron chi connectivity index (χ0n) is 12.5. The van der Waals surface area contributed by atoms with Crippen molar-refractivity contribution in [3.05, 3.63) is 29.3 Å². The summed E-state index contributed by atoms with van der Waals surface area (Å²) in [7, 11) is -4.03. The summed E-state index contributed by atoms with van der Waals surface area (Å²) in [5.74, 6) is -1.34. The summed E-state index contributed by atoms with van der Waals surface area (Å²) in [6, 6.07) is 4.38. The molecule has 2 aliphatic rings. The number of carbonyl (C=O) groups excluding carboxylic acids is 3. The van der Waals surface area contributed by atoms with Crippen LogP contribution in [0.5, 0.6) is 0 Å². The summed E-state index contributed by atoms with van der Waals surface area (Å²) in [4.78, 5) is 35.1. The molecule has 0 radical (unpaired) electrons. The average molecular weight is 335 g/mol. The van der Waals surface area contributed by atoms with Crippen molar-refractivity contribution in [3.63, 3.8) is 0 Å². The third-order valence-electron chi connectivity index (χ3n) is 4.39. The van der Waals surface area contributed by atoms with E-state index < -0.39 is 21.8 Å². The van der Waals surface area contributed by atoms with Gasteiger partial charge in [-0.15, -0.1) is 0 Å². The minimum Gasteiger partial charge on any atom is -0.300 e. The van der Waals surface area contributed by atoms with Crippen LogP contribution in [0.25, 0.3) is 0 Å². The van der Waals surface area contributed by atoms with Crippen molar-refractivity contribution in [2.45, 2.75) is 43.4 Å². The lowest BCUT2D eigenvalue weighted by Gasteiger charge is -2.16. The Labute approximate surface area is 134 Å². The van der Waals surface area contributed by atoms with Gasteiger partial charge in [0.05, 0.1) is 4.90 Å². The van der Waals surface area contributed by atoms with E-state index in [1.54, 1.807) is 6.07 Å². The molecule has 23 heavy (non-hydrogen) atoms. The van der Waals surface area contributed by atoms with Gasteiger partial charge in [0, 0.05) is 30.7 Å². The Balaban J connectivity index is 1.82. The molecule has 2 aliphatic carbocycles. The second-order valence-electron chi connectivity index (χ2n) is 6.04. The third-order valence-corrected chi connectivity index (χ3v) is 5.74. The molecule has 0 aliphatic heterocycles. The normalized spacial score (nSPS) is 21.1. The number of hydrogen-bond donors (Lipinski definition) is 1. The fraction of sp³-hybridized carbons (Fsp3) is 0.438. The van der Waals surface area contributed by atoms with Gasteiger partial charge >= 0.3 is 0 Å². The fourth-order valence-corrected chi connectivity index (χ4v) is 4.16. The molecule has 6 nitrogen and oxygen atoms in total. The molecular formula is C16H17NO5S. The van der Waals surface area contributed by atoms with Crippen LogP contribution in [0.1, 0.15) is 48.0 Å². The van der Waals surface area contributed by atoms with Gasteiger partial charge in [-0.25, -0.2) is 13.1 Å². The van der Waals surface area contributed by atoms with Gasteiger partial charge in [0.2, 0.25) is 5.91 Å². The number of fused-ring (bicyclic) bond motifs is 1. The number of benzene rings is 1. The predicted molar refractivity (Wildman–Crippen MR) is 81.4 cm³/mol. The monoisotopic (exact) mass is 335 g/mol. The van der Waals surface area contributed by atoms with Crippen LogP contribution < -0.4 is 4.72 Å². The first-order chi connectivity index (χ1) is 10.9. The van der Waals surface area contributed by atoms with Crippen LogP contribution in [0.15, 0.2) is 23.1 Å². The zero-order chi connectivity index (χ0) is 16.6. The van der Waals surface area contributed by atoms with Crippen molar-refractivity contribution < 1.29 is 22.8 Å². The van der Waals surface area contributed by atoms with E-state index in [4.69, 9.17) is 0 Å². The maximum absolute atomic E-state index is 12.3. The minimum atomic E-state index is -4.03. The maximum Gasteiger partial charge on any atom is 0.264 e. The lowest BCUT2D eigenvalue weighted by atomic mass is 9.91. The first kappa shape index (κ1) is 15.9. The molecule has 1 atom stereocenters. The van der Waals surface area contributed by atoms with Crippen LogP contribution in [0.4, 0.5) is 0 Å². The Hall–Kier alpha value is -2.02. The highest BCUT2D eigenvalue weighted by Crippen LogP contribution is 2.25. The molecule has 1 aromatic rings. The smallest absolute Gasteiger partial charge is 0.264 e. The predicted octanol–water partition coefficient (Wildman–Crippen LogP) is 1.38. The van der Waals surface area contributed by atoms with E-state index >= 15 is 0 Å². The third kappa shape index (κ3) is 3.19. The molecule has 1 unspecified atom stereocenters. The number of amides is 1. The van der Waals surface area contributed by atoms with Gasteiger partial charge in [-0.3, -0.25) is 14.4 Å². The van der Waals surface area contributed by atoms with Crippen molar-refractivity contribution in [2.75, 3.05) is 0 Å². The zero-order valence-corrected chi connectivity index (χ0v) is 13.3. The number of hydrogen-bond acceptors (Lipinski definition) is 5. The first-order valence-electron chi connectivity index (χ1n) is 7.61. The molecule has 1 amide bonds. The summed E-state index contributed by atoms with van der Waals surface area (Å²) in [5, 5.41) is 0. The summed E-state index contributed by atoms with van der Waals surface area (Å²) in [6.45, 7) is 0. The van der Waals surface area contributed by atoms with Crippen molar-refractivity contribution in [1.29, 1.82) is 0 Å². The highest BCUT2D eigenvalue weighted by atomic mass is 32.2. The van der Waals surface area contributed by atoms with E-state index in [-0.39, 0.29) is 22.9 Å². The quantitative estimate of drug-likeness (QED) is 0.900. The number of sulfonamides is 1. The molecule has 0 saturated heterocycles. The maximum atomic E-state index is 12.3.